The Morgan fingerprint density at radius 2 is 2.00 bits per heavy atom. The van der Waals surface area contributed by atoms with Gasteiger partial charge >= 0.3 is 5.97 Å². The van der Waals surface area contributed by atoms with Crippen LogP contribution in [0.4, 0.5) is 0 Å². The molecule has 3 rings (SSSR count). The number of fused-ring (bicyclic) bond motifs is 3. The van der Waals surface area contributed by atoms with Crippen molar-refractivity contribution in [2.75, 3.05) is 33.9 Å². The van der Waals surface area contributed by atoms with Gasteiger partial charge in [0.25, 0.3) is 0 Å². The number of ether oxygens (including phenoxy) is 1. The molecule has 0 aromatic rings. The highest BCUT2D eigenvalue weighted by molar-refractivity contribution is 5.86. The number of Topliss-reactive ketones (excluding diaryl/α,β-unsaturated/α-hetero) is 1. The molecule has 3 aliphatic carbocycles. The zero-order valence-electron chi connectivity index (χ0n) is 19.2. The molecule has 0 bridgehead atoms. The number of ketones is 1. The molecule has 3 saturated carbocycles. The molecule has 0 aliphatic heterocycles. The average Bonchev–Trinajstić information content (AvgIpc) is 2.68. The number of likely N-dealkylation sites (N-methyl/N-ethyl adjacent to an activating group) is 1. The number of hydrogen-bond donors (Lipinski definition) is 2. The minimum atomic E-state index is -0.636. The van der Waals surface area contributed by atoms with E-state index in [-0.39, 0.29) is 47.4 Å². The third-order valence-corrected chi connectivity index (χ3v) is 8.66. The zero-order chi connectivity index (χ0) is 22.3. The van der Waals surface area contributed by atoms with Crippen LogP contribution in [0.15, 0.2) is 11.6 Å². The van der Waals surface area contributed by atoms with Crippen LogP contribution in [0.5, 0.6) is 0 Å². The highest BCUT2D eigenvalue weighted by Gasteiger charge is 2.62. The van der Waals surface area contributed by atoms with E-state index >= 15 is 0 Å². The molecule has 6 nitrogen and oxygen atoms in total. The van der Waals surface area contributed by atoms with Gasteiger partial charge in [0.15, 0.2) is 0 Å². The summed E-state index contributed by atoms with van der Waals surface area (Å²) in [6, 6.07) is 0. The number of aliphatic hydroxyl groups is 2. The number of carbonyl (C=O) groups is 2. The van der Waals surface area contributed by atoms with Crippen LogP contribution in [0.25, 0.3) is 0 Å². The van der Waals surface area contributed by atoms with Crippen LogP contribution in [0, 0.1) is 34.5 Å². The molecule has 7 atom stereocenters. The smallest absolute Gasteiger partial charge is 0.330 e. The van der Waals surface area contributed by atoms with Gasteiger partial charge in [0.1, 0.15) is 12.4 Å². The topological polar surface area (TPSA) is 87.1 Å². The standard InChI is InChI=1S/C24H39NO5/c1-15-16(12-21(29)30-11-10-25(4)5)6-7-17-22(15)18(27)13-19-23(17,2)9-8-20(28)24(19,3)14-26/h12,15,17,19-20,22,26,28H,6-11,13-14H2,1-5H3. The van der Waals surface area contributed by atoms with Crippen molar-refractivity contribution in [2.24, 2.45) is 34.5 Å². The lowest BCUT2D eigenvalue weighted by atomic mass is 9.42. The summed E-state index contributed by atoms with van der Waals surface area (Å²) >= 11 is 0. The van der Waals surface area contributed by atoms with E-state index in [2.05, 4.69) is 13.8 Å². The number of hydrogen-bond acceptors (Lipinski definition) is 6. The molecule has 170 valence electrons. The summed E-state index contributed by atoms with van der Waals surface area (Å²) in [6.07, 6.45) is 4.63. The monoisotopic (exact) mass is 421 g/mol. The van der Waals surface area contributed by atoms with Crippen LogP contribution in [-0.2, 0) is 14.3 Å². The van der Waals surface area contributed by atoms with E-state index in [0.29, 0.717) is 26.0 Å². The first-order valence-corrected chi connectivity index (χ1v) is 11.4. The molecular formula is C24H39NO5. The lowest BCUT2D eigenvalue weighted by molar-refractivity contribution is -0.184. The van der Waals surface area contributed by atoms with E-state index in [4.69, 9.17) is 4.74 Å². The fourth-order valence-electron chi connectivity index (χ4n) is 6.68. The van der Waals surface area contributed by atoms with Gasteiger partial charge in [-0.25, -0.2) is 4.79 Å². The molecule has 2 N–H and O–H groups in total. The Hall–Kier alpha value is -1.24. The number of nitrogens with zero attached hydrogens (tertiary/aromatic N) is 1. The molecule has 7 unspecified atom stereocenters. The van der Waals surface area contributed by atoms with Crippen LogP contribution < -0.4 is 0 Å². The first-order valence-electron chi connectivity index (χ1n) is 11.4. The summed E-state index contributed by atoms with van der Waals surface area (Å²) in [5.74, 6) is 0.0235. The summed E-state index contributed by atoms with van der Waals surface area (Å²) in [6.45, 7) is 7.21. The number of rotatable bonds is 5. The minimum absolute atomic E-state index is 0.0128. The Morgan fingerprint density at radius 3 is 2.63 bits per heavy atom. The van der Waals surface area contributed by atoms with Crippen molar-refractivity contribution in [3.63, 3.8) is 0 Å². The Labute approximate surface area is 180 Å². The Kier molecular flexibility index (Phi) is 6.80. The van der Waals surface area contributed by atoms with Gasteiger partial charge in [0.05, 0.1) is 12.7 Å². The molecule has 0 aromatic heterocycles. The van der Waals surface area contributed by atoms with Gasteiger partial charge in [0, 0.05) is 30.4 Å². The minimum Gasteiger partial charge on any atom is -0.461 e. The largest absolute Gasteiger partial charge is 0.461 e. The van der Waals surface area contributed by atoms with Crippen molar-refractivity contribution in [3.8, 4) is 0 Å². The SMILES string of the molecule is CC1C(=CC(=O)OCCN(C)C)CCC2C1C(=O)CC1C(C)(CO)C(O)CCC21C. The lowest BCUT2D eigenvalue weighted by Gasteiger charge is -2.62. The van der Waals surface area contributed by atoms with Crippen molar-refractivity contribution in [3.05, 3.63) is 11.6 Å². The number of esters is 1. The predicted molar refractivity (Wildman–Crippen MR) is 115 cm³/mol. The highest BCUT2D eigenvalue weighted by atomic mass is 16.5. The summed E-state index contributed by atoms with van der Waals surface area (Å²) < 4.78 is 5.33. The fourth-order valence-corrected chi connectivity index (χ4v) is 6.68. The molecule has 3 fully saturated rings. The Balaban J connectivity index is 1.80. The van der Waals surface area contributed by atoms with Gasteiger partial charge in [-0.1, -0.05) is 26.3 Å². The number of carbonyl (C=O) groups excluding carboxylic acids is 2. The molecular weight excluding hydrogens is 382 g/mol. The highest BCUT2D eigenvalue weighted by Crippen LogP contribution is 2.64. The van der Waals surface area contributed by atoms with Crippen molar-refractivity contribution in [1.82, 2.24) is 4.90 Å². The van der Waals surface area contributed by atoms with Crippen molar-refractivity contribution < 1.29 is 24.5 Å². The number of allylic oxidation sites excluding steroid dienone is 1. The van der Waals surface area contributed by atoms with Crippen LogP contribution in [0.1, 0.15) is 52.9 Å². The van der Waals surface area contributed by atoms with Gasteiger partial charge in [0.2, 0.25) is 0 Å². The van der Waals surface area contributed by atoms with Crippen molar-refractivity contribution >= 4 is 11.8 Å². The van der Waals surface area contributed by atoms with E-state index in [1.54, 1.807) is 6.08 Å². The normalized spacial score (nSPS) is 42.7. The maximum Gasteiger partial charge on any atom is 0.330 e. The molecule has 0 amide bonds. The molecule has 0 aromatic carbocycles. The lowest BCUT2D eigenvalue weighted by Crippen LogP contribution is -2.62. The molecule has 6 heteroatoms. The van der Waals surface area contributed by atoms with Crippen LogP contribution in [-0.4, -0.2) is 66.8 Å². The van der Waals surface area contributed by atoms with Gasteiger partial charge in [-0.2, -0.15) is 0 Å². The quantitative estimate of drug-likeness (QED) is 0.524. The second kappa shape index (κ2) is 8.71. The van der Waals surface area contributed by atoms with E-state index in [9.17, 15) is 19.8 Å². The van der Waals surface area contributed by atoms with Crippen LogP contribution in [0.2, 0.25) is 0 Å². The molecule has 0 saturated heterocycles. The maximum absolute atomic E-state index is 13.3. The van der Waals surface area contributed by atoms with Crippen molar-refractivity contribution in [2.45, 2.75) is 59.0 Å². The fraction of sp³-hybridized carbons (Fsp3) is 0.833. The predicted octanol–water partition coefficient (Wildman–Crippen LogP) is 2.43. The zero-order valence-corrected chi connectivity index (χ0v) is 19.2. The molecule has 30 heavy (non-hydrogen) atoms. The second-order valence-corrected chi connectivity index (χ2v) is 10.6. The molecule has 0 radical (unpaired) electrons. The van der Waals surface area contributed by atoms with Crippen molar-refractivity contribution in [1.29, 1.82) is 0 Å². The summed E-state index contributed by atoms with van der Waals surface area (Å²) in [4.78, 5) is 27.6. The Bertz CT molecular complexity index is 704. The van der Waals surface area contributed by atoms with Crippen LogP contribution in [0.3, 0.4) is 0 Å². The third kappa shape index (κ3) is 3.98. The third-order valence-electron chi connectivity index (χ3n) is 8.66. The number of aliphatic hydroxyl groups excluding tert-OH is 2. The maximum atomic E-state index is 13.3. The summed E-state index contributed by atoms with van der Waals surface area (Å²) in [5.41, 5.74) is 0.298. The van der Waals surface area contributed by atoms with Crippen LogP contribution >= 0.6 is 0 Å². The first kappa shape index (κ1) is 23.4. The second-order valence-electron chi connectivity index (χ2n) is 10.6. The first-order chi connectivity index (χ1) is 14.0. The van der Waals surface area contributed by atoms with E-state index < -0.39 is 11.5 Å². The van der Waals surface area contributed by atoms with Gasteiger partial charge in [-0.15, -0.1) is 0 Å². The molecule has 0 heterocycles. The van der Waals surface area contributed by atoms with Gasteiger partial charge in [-0.05, 0) is 62.9 Å². The van der Waals surface area contributed by atoms with E-state index in [0.717, 1.165) is 24.8 Å². The van der Waals surface area contributed by atoms with Gasteiger partial charge in [-0.3, -0.25) is 4.79 Å². The summed E-state index contributed by atoms with van der Waals surface area (Å²) in [7, 11) is 3.87. The van der Waals surface area contributed by atoms with E-state index in [1.807, 2.05) is 25.9 Å². The molecule has 0 spiro atoms. The van der Waals surface area contributed by atoms with E-state index in [1.165, 1.54) is 0 Å². The molecule has 3 aliphatic rings. The van der Waals surface area contributed by atoms with Gasteiger partial charge < -0.3 is 19.8 Å². The summed E-state index contributed by atoms with van der Waals surface area (Å²) in [5, 5.41) is 20.7. The average molecular weight is 422 g/mol. The Morgan fingerprint density at radius 1 is 1.30 bits per heavy atom.